The molecule has 7 heteroatoms. The number of halogens is 1. The van der Waals surface area contributed by atoms with Crippen LogP contribution in [0.3, 0.4) is 0 Å². The summed E-state index contributed by atoms with van der Waals surface area (Å²) in [5.41, 5.74) is 0.619. The Hall–Kier alpha value is -1.57. The standard InChI is InChI=1S/C17H19BrN2O3S/c1-17(2,3)24(21)20-10-12-5-6-14(11-19-12)23-16-8-7-13(22-4)9-15(16)18/h5-11H,1-4H3/b20-10+. The van der Waals surface area contributed by atoms with Crippen LogP contribution < -0.4 is 9.47 Å². The highest BCUT2D eigenvalue weighted by molar-refractivity contribution is 9.10. The van der Waals surface area contributed by atoms with Crippen LogP contribution in [0.2, 0.25) is 0 Å². The van der Waals surface area contributed by atoms with E-state index in [1.165, 1.54) is 6.21 Å². The molecule has 0 fully saturated rings. The van der Waals surface area contributed by atoms with Crippen molar-refractivity contribution in [3.05, 3.63) is 46.7 Å². The summed E-state index contributed by atoms with van der Waals surface area (Å²) in [7, 11) is 1.61. The van der Waals surface area contributed by atoms with Crippen molar-refractivity contribution in [2.75, 3.05) is 7.11 Å². The van der Waals surface area contributed by atoms with Gasteiger partial charge in [-0.2, -0.15) is 0 Å². The van der Waals surface area contributed by atoms with Crippen molar-refractivity contribution >= 4 is 33.5 Å². The molecule has 0 spiro atoms. The molecule has 1 aromatic carbocycles. The maximum absolute atomic E-state index is 11.9. The topological polar surface area (TPSA) is 66.8 Å². The third-order valence-corrected chi connectivity index (χ3v) is 4.89. The summed E-state index contributed by atoms with van der Waals surface area (Å²) in [5.74, 6) is 1.99. The fraction of sp³-hybridized carbons (Fsp3) is 0.294. The van der Waals surface area contributed by atoms with Crippen molar-refractivity contribution in [3.63, 3.8) is 0 Å². The maximum atomic E-state index is 11.9. The summed E-state index contributed by atoms with van der Waals surface area (Å²) in [4.78, 5) is 4.24. The van der Waals surface area contributed by atoms with E-state index < -0.39 is 11.4 Å². The second kappa shape index (κ2) is 8.00. The van der Waals surface area contributed by atoms with Crippen LogP contribution in [0.5, 0.6) is 17.2 Å². The minimum atomic E-state index is -1.30. The van der Waals surface area contributed by atoms with Gasteiger partial charge in [0.25, 0.3) is 0 Å². The number of hydrogen-bond acceptors (Lipinski definition) is 5. The van der Waals surface area contributed by atoms with Crippen LogP contribution in [0.15, 0.2) is 45.4 Å². The first-order chi connectivity index (χ1) is 11.3. The Morgan fingerprint density at radius 1 is 1.21 bits per heavy atom. The van der Waals surface area contributed by atoms with E-state index in [1.807, 2.05) is 39.0 Å². The van der Waals surface area contributed by atoms with Crippen LogP contribution in [-0.2, 0) is 11.4 Å². The molecule has 2 aromatic rings. The molecule has 1 aromatic heterocycles. The quantitative estimate of drug-likeness (QED) is 0.536. The molecular formula is C17H19BrN2O3S. The lowest BCUT2D eigenvalue weighted by Gasteiger charge is -2.17. The molecule has 0 N–H and O–H groups in total. The molecule has 128 valence electrons. The lowest BCUT2D eigenvalue weighted by Crippen LogP contribution is -2.25. The van der Waals surface area contributed by atoms with E-state index in [0.717, 1.165) is 10.2 Å². The monoisotopic (exact) mass is 410 g/mol. The summed E-state index contributed by atoms with van der Waals surface area (Å²) in [6, 6.07) is 8.99. The van der Waals surface area contributed by atoms with Crippen LogP contribution in [0.1, 0.15) is 26.5 Å². The summed E-state index contributed by atoms with van der Waals surface area (Å²) in [5, 5.41) is 0. The van der Waals surface area contributed by atoms with Gasteiger partial charge >= 0.3 is 0 Å². The lowest BCUT2D eigenvalue weighted by molar-refractivity contribution is 0.412. The molecule has 0 saturated carbocycles. The summed E-state index contributed by atoms with van der Waals surface area (Å²) < 4.78 is 27.2. The van der Waals surface area contributed by atoms with Crippen LogP contribution >= 0.6 is 15.9 Å². The highest BCUT2D eigenvalue weighted by Gasteiger charge is 2.25. The molecule has 0 radical (unpaired) electrons. The van der Waals surface area contributed by atoms with Gasteiger partial charge in [0.05, 0.1) is 23.5 Å². The average molecular weight is 411 g/mol. The van der Waals surface area contributed by atoms with Crippen molar-refractivity contribution in [2.45, 2.75) is 25.5 Å². The van der Waals surface area contributed by atoms with Crippen molar-refractivity contribution in [1.82, 2.24) is 4.98 Å². The summed E-state index contributed by atoms with van der Waals surface area (Å²) >= 11 is 2.14. The highest BCUT2D eigenvalue weighted by atomic mass is 79.9. The van der Waals surface area contributed by atoms with Gasteiger partial charge in [0, 0.05) is 0 Å². The van der Waals surface area contributed by atoms with Gasteiger partial charge in [-0.15, -0.1) is 0 Å². The Balaban J connectivity index is 2.06. The number of methoxy groups -OCH3 is 1. The minimum absolute atomic E-state index is 0.389. The smallest absolute Gasteiger partial charge is 0.145 e. The third-order valence-electron chi connectivity index (χ3n) is 2.93. The molecule has 0 saturated heterocycles. The maximum Gasteiger partial charge on any atom is 0.145 e. The minimum Gasteiger partial charge on any atom is -0.591 e. The van der Waals surface area contributed by atoms with Gasteiger partial charge in [-0.1, -0.05) is 4.40 Å². The number of rotatable bonds is 5. The Labute approximate surface area is 153 Å². The number of pyridine rings is 1. The molecule has 24 heavy (non-hydrogen) atoms. The summed E-state index contributed by atoms with van der Waals surface area (Å²) in [6.07, 6.45) is 3.10. The fourth-order valence-electron chi connectivity index (χ4n) is 1.61. The molecular weight excluding hydrogens is 392 g/mol. The molecule has 0 aliphatic heterocycles. The van der Waals surface area contributed by atoms with Gasteiger partial charge in [-0.05, 0) is 67.0 Å². The number of ether oxygens (including phenoxy) is 2. The Bertz CT molecular complexity index is 715. The predicted octanol–water partition coefficient (Wildman–Crippen LogP) is 4.53. The Morgan fingerprint density at radius 3 is 2.46 bits per heavy atom. The zero-order valence-electron chi connectivity index (χ0n) is 13.9. The lowest BCUT2D eigenvalue weighted by atomic mass is 10.3. The van der Waals surface area contributed by atoms with Gasteiger partial charge in [-0.3, -0.25) is 4.98 Å². The van der Waals surface area contributed by atoms with Gasteiger partial charge in [-0.25, -0.2) is 0 Å². The number of hydrogen-bond donors (Lipinski definition) is 0. The normalized spacial score (nSPS) is 13.1. The fourth-order valence-corrected chi connectivity index (χ4v) is 2.57. The Kier molecular flexibility index (Phi) is 6.26. The van der Waals surface area contributed by atoms with E-state index in [4.69, 9.17) is 9.47 Å². The van der Waals surface area contributed by atoms with Crippen molar-refractivity contribution in [1.29, 1.82) is 0 Å². The molecule has 0 amide bonds. The van der Waals surface area contributed by atoms with E-state index in [0.29, 0.717) is 17.2 Å². The Morgan fingerprint density at radius 2 is 1.92 bits per heavy atom. The van der Waals surface area contributed by atoms with E-state index in [2.05, 4.69) is 25.3 Å². The van der Waals surface area contributed by atoms with Crippen LogP contribution in [0, 0.1) is 0 Å². The van der Waals surface area contributed by atoms with Crippen molar-refractivity contribution in [2.24, 2.45) is 4.40 Å². The molecule has 1 unspecified atom stereocenters. The van der Waals surface area contributed by atoms with Gasteiger partial charge in [0.2, 0.25) is 0 Å². The molecule has 1 heterocycles. The zero-order valence-corrected chi connectivity index (χ0v) is 16.3. The highest BCUT2D eigenvalue weighted by Crippen LogP contribution is 2.32. The van der Waals surface area contributed by atoms with E-state index in [9.17, 15) is 4.55 Å². The molecule has 5 nitrogen and oxygen atoms in total. The second-order valence-corrected chi connectivity index (χ2v) is 8.70. The molecule has 0 bridgehead atoms. The van der Waals surface area contributed by atoms with Crippen molar-refractivity contribution < 1.29 is 14.0 Å². The van der Waals surface area contributed by atoms with E-state index in [-0.39, 0.29) is 4.75 Å². The number of nitrogens with zero attached hydrogens (tertiary/aromatic N) is 2. The first-order valence-electron chi connectivity index (χ1n) is 7.23. The van der Waals surface area contributed by atoms with Gasteiger partial charge in [0.15, 0.2) is 0 Å². The van der Waals surface area contributed by atoms with Crippen LogP contribution in [-0.4, -0.2) is 27.6 Å². The molecule has 1 atom stereocenters. The van der Waals surface area contributed by atoms with E-state index >= 15 is 0 Å². The number of benzene rings is 1. The summed E-state index contributed by atoms with van der Waals surface area (Å²) in [6.45, 7) is 5.62. The zero-order chi connectivity index (χ0) is 17.7. The van der Waals surface area contributed by atoms with Crippen LogP contribution in [0.4, 0.5) is 0 Å². The van der Waals surface area contributed by atoms with Gasteiger partial charge in [0.1, 0.15) is 39.6 Å². The largest absolute Gasteiger partial charge is 0.591 e. The molecule has 0 aliphatic rings. The average Bonchev–Trinajstić information content (AvgIpc) is 2.54. The van der Waals surface area contributed by atoms with Gasteiger partial charge < -0.3 is 14.0 Å². The SMILES string of the molecule is COc1ccc(Oc2ccc(/C=N/[S+]([O-])C(C)(C)C)nc2)c(Br)c1. The third kappa shape index (κ3) is 5.22. The molecule has 0 aliphatic carbocycles. The second-order valence-electron chi connectivity index (χ2n) is 5.91. The predicted molar refractivity (Wildman–Crippen MR) is 100 cm³/mol. The molecule has 2 rings (SSSR count). The number of aromatic nitrogens is 1. The van der Waals surface area contributed by atoms with Crippen LogP contribution in [0.25, 0.3) is 0 Å². The van der Waals surface area contributed by atoms with Crippen molar-refractivity contribution in [3.8, 4) is 17.2 Å². The first kappa shape index (κ1) is 18.8. The first-order valence-corrected chi connectivity index (χ1v) is 9.13. The van der Waals surface area contributed by atoms with E-state index in [1.54, 1.807) is 25.4 Å².